The average molecular weight is 465 g/mol. The molecule has 2 aromatic rings. The summed E-state index contributed by atoms with van der Waals surface area (Å²) in [5.74, 6) is -1.06. The van der Waals surface area contributed by atoms with Crippen LogP contribution in [0.15, 0.2) is 42.5 Å². The van der Waals surface area contributed by atoms with Crippen molar-refractivity contribution < 1.29 is 28.6 Å². The molecule has 2 aromatic carbocycles. The fourth-order valence-electron chi connectivity index (χ4n) is 5.53. The fourth-order valence-corrected chi connectivity index (χ4v) is 5.53. The lowest BCUT2D eigenvalue weighted by atomic mass is 9.72. The smallest absolute Gasteiger partial charge is 0.311 e. The fraction of sp³-hybridized carbons (Fsp3) is 0.423. The summed E-state index contributed by atoms with van der Waals surface area (Å²) in [6.45, 7) is 4.87. The summed E-state index contributed by atoms with van der Waals surface area (Å²) < 4.78 is 16.8. The van der Waals surface area contributed by atoms with Gasteiger partial charge in [-0.15, -0.1) is 0 Å². The number of fused-ring (bicyclic) bond motifs is 4. The van der Waals surface area contributed by atoms with Gasteiger partial charge in [0.05, 0.1) is 25.7 Å². The van der Waals surface area contributed by atoms with Crippen LogP contribution in [-0.4, -0.2) is 61.6 Å². The van der Waals surface area contributed by atoms with Crippen LogP contribution in [0.4, 0.5) is 5.69 Å². The third-order valence-corrected chi connectivity index (χ3v) is 7.15. The summed E-state index contributed by atoms with van der Waals surface area (Å²) in [4.78, 5) is 43.8. The van der Waals surface area contributed by atoms with Crippen molar-refractivity contribution in [3.05, 3.63) is 53.6 Å². The number of ether oxygens (including phenoxy) is 3. The van der Waals surface area contributed by atoms with E-state index >= 15 is 0 Å². The van der Waals surface area contributed by atoms with Crippen LogP contribution in [0.3, 0.4) is 0 Å². The molecule has 0 N–H and O–H groups in total. The van der Waals surface area contributed by atoms with Crippen LogP contribution in [0.5, 0.6) is 11.5 Å². The van der Waals surface area contributed by atoms with E-state index in [1.165, 1.54) is 4.90 Å². The second-order valence-electron chi connectivity index (χ2n) is 9.03. The zero-order chi connectivity index (χ0) is 24.0. The van der Waals surface area contributed by atoms with E-state index in [9.17, 15) is 14.4 Å². The van der Waals surface area contributed by atoms with Gasteiger partial charge in [0.1, 0.15) is 5.54 Å². The first-order valence-corrected chi connectivity index (χ1v) is 11.6. The van der Waals surface area contributed by atoms with Gasteiger partial charge in [0.25, 0.3) is 11.8 Å². The topological polar surface area (TPSA) is 85.4 Å². The lowest BCUT2D eigenvalue weighted by Crippen LogP contribution is -2.60. The molecule has 8 nitrogen and oxygen atoms in total. The van der Waals surface area contributed by atoms with Crippen LogP contribution in [-0.2, 0) is 14.3 Å². The number of carbonyl (C=O) groups is 3. The van der Waals surface area contributed by atoms with E-state index in [1.54, 1.807) is 44.0 Å². The first-order chi connectivity index (χ1) is 16.4. The number of nitrogens with zero attached hydrogens (tertiary/aromatic N) is 2. The van der Waals surface area contributed by atoms with Crippen molar-refractivity contribution in [1.82, 2.24) is 4.90 Å². The van der Waals surface area contributed by atoms with E-state index in [1.807, 2.05) is 24.3 Å². The van der Waals surface area contributed by atoms with E-state index < -0.39 is 23.3 Å². The Balaban J connectivity index is 1.60. The second-order valence-corrected chi connectivity index (χ2v) is 9.03. The second kappa shape index (κ2) is 8.34. The van der Waals surface area contributed by atoms with E-state index in [-0.39, 0.29) is 25.0 Å². The molecule has 1 fully saturated rings. The van der Waals surface area contributed by atoms with E-state index in [0.29, 0.717) is 30.3 Å². The Bertz CT molecular complexity index is 1160. The number of carbonyl (C=O) groups excluding carboxylic acids is 3. The molecule has 0 spiro atoms. The molecule has 0 saturated carbocycles. The minimum atomic E-state index is -1.25. The predicted octanol–water partition coefficient (Wildman–Crippen LogP) is 3.00. The van der Waals surface area contributed by atoms with Gasteiger partial charge in [-0.05, 0) is 43.7 Å². The van der Waals surface area contributed by atoms with Gasteiger partial charge < -0.3 is 24.0 Å². The molecule has 1 saturated heterocycles. The normalized spacial score (nSPS) is 25.3. The third kappa shape index (κ3) is 3.23. The maximum atomic E-state index is 13.9. The number of rotatable bonds is 3. The van der Waals surface area contributed by atoms with Crippen molar-refractivity contribution in [1.29, 1.82) is 0 Å². The lowest BCUT2D eigenvalue weighted by Gasteiger charge is -2.45. The first-order valence-electron chi connectivity index (χ1n) is 11.6. The number of para-hydroxylation sites is 1. The molecule has 3 aliphatic rings. The SMILES string of the molecule is CCOC(=O)[C@H]1CN(C(=O)c2ccc3c(c2)OCCCO3)[C@]2(C)C(=O)N(C)c3ccccc3[C@H]12. The minimum absolute atomic E-state index is 0.0845. The van der Waals surface area contributed by atoms with Crippen LogP contribution in [0.2, 0.25) is 0 Å². The van der Waals surface area contributed by atoms with Crippen molar-refractivity contribution in [2.75, 3.05) is 38.3 Å². The predicted molar refractivity (Wildman–Crippen MR) is 124 cm³/mol. The van der Waals surface area contributed by atoms with E-state index in [0.717, 1.165) is 17.7 Å². The summed E-state index contributed by atoms with van der Waals surface area (Å²) in [6.07, 6.45) is 0.755. The lowest BCUT2D eigenvalue weighted by molar-refractivity contribution is -0.148. The molecule has 3 atom stereocenters. The van der Waals surface area contributed by atoms with Crippen molar-refractivity contribution >= 4 is 23.5 Å². The highest BCUT2D eigenvalue weighted by Crippen LogP contribution is 2.53. The molecule has 0 bridgehead atoms. The van der Waals surface area contributed by atoms with Crippen LogP contribution < -0.4 is 14.4 Å². The molecule has 5 rings (SSSR count). The summed E-state index contributed by atoms with van der Waals surface area (Å²) in [6, 6.07) is 12.6. The molecule has 0 aromatic heterocycles. The molecule has 2 amide bonds. The van der Waals surface area contributed by atoms with Gasteiger partial charge in [-0.3, -0.25) is 14.4 Å². The summed E-state index contributed by atoms with van der Waals surface area (Å²) in [5, 5.41) is 0. The molecule has 0 aliphatic carbocycles. The number of amides is 2. The minimum Gasteiger partial charge on any atom is -0.490 e. The van der Waals surface area contributed by atoms with Crippen LogP contribution in [0.1, 0.15) is 42.1 Å². The molecule has 3 aliphatic heterocycles. The Morgan fingerprint density at radius 2 is 1.85 bits per heavy atom. The number of anilines is 1. The third-order valence-electron chi connectivity index (χ3n) is 7.15. The van der Waals surface area contributed by atoms with E-state index in [2.05, 4.69) is 0 Å². The maximum Gasteiger partial charge on any atom is 0.311 e. The van der Waals surface area contributed by atoms with Gasteiger partial charge in [0.2, 0.25) is 0 Å². The monoisotopic (exact) mass is 464 g/mol. The summed E-state index contributed by atoms with van der Waals surface area (Å²) in [7, 11) is 1.70. The number of esters is 1. The Kier molecular flexibility index (Phi) is 5.46. The number of likely N-dealkylation sites (N-methyl/N-ethyl adjacent to an activating group) is 1. The Morgan fingerprint density at radius 1 is 1.12 bits per heavy atom. The highest BCUT2D eigenvalue weighted by molar-refractivity contribution is 6.09. The average Bonchev–Trinajstić information content (AvgIpc) is 2.99. The van der Waals surface area contributed by atoms with Crippen molar-refractivity contribution in [3.63, 3.8) is 0 Å². The zero-order valence-electron chi connectivity index (χ0n) is 19.6. The molecule has 3 heterocycles. The van der Waals surface area contributed by atoms with Gasteiger partial charge in [0, 0.05) is 37.2 Å². The molecular formula is C26H28N2O6. The standard InChI is InChI=1S/C26H28N2O6/c1-4-32-24(30)18-15-28(23(29)16-10-11-20-21(14-16)34-13-7-12-33-20)26(2)22(18)17-8-5-6-9-19(17)27(3)25(26)31/h5-6,8-11,14,18,22H,4,7,12-13,15H2,1-3H3/t18-,22+,26-/m0/s1. The highest BCUT2D eigenvalue weighted by Gasteiger charge is 2.63. The number of likely N-dealkylation sites (tertiary alicyclic amines) is 1. The quantitative estimate of drug-likeness (QED) is 0.650. The van der Waals surface area contributed by atoms with Crippen LogP contribution >= 0.6 is 0 Å². The summed E-state index contributed by atoms with van der Waals surface area (Å²) in [5.41, 5.74) is 0.734. The van der Waals surface area contributed by atoms with Crippen LogP contribution in [0, 0.1) is 5.92 Å². The zero-order valence-corrected chi connectivity index (χ0v) is 19.6. The van der Waals surface area contributed by atoms with Crippen molar-refractivity contribution in [2.24, 2.45) is 5.92 Å². The number of hydrogen-bond donors (Lipinski definition) is 0. The summed E-state index contributed by atoms with van der Waals surface area (Å²) >= 11 is 0. The van der Waals surface area contributed by atoms with Crippen molar-refractivity contribution in [3.8, 4) is 11.5 Å². The Hall–Kier alpha value is -3.55. The molecule has 34 heavy (non-hydrogen) atoms. The first kappa shape index (κ1) is 22.3. The van der Waals surface area contributed by atoms with Crippen LogP contribution in [0.25, 0.3) is 0 Å². The number of benzene rings is 2. The Morgan fingerprint density at radius 3 is 2.62 bits per heavy atom. The molecule has 0 unspecified atom stereocenters. The molecule has 0 radical (unpaired) electrons. The van der Waals surface area contributed by atoms with Crippen molar-refractivity contribution in [2.45, 2.75) is 31.7 Å². The molecule has 8 heteroatoms. The van der Waals surface area contributed by atoms with Gasteiger partial charge in [0.15, 0.2) is 11.5 Å². The maximum absolute atomic E-state index is 13.9. The Labute approximate surface area is 198 Å². The van der Waals surface area contributed by atoms with Gasteiger partial charge in [-0.2, -0.15) is 0 Å². The van der Waals surface area contributed by atoms with E-state index in [4.69, 9.17) is 14.2 Å². The van der Waals surface area contributed by atoms with Gasteiger partial charge in [-0.25, -0.2) is 0 Å². The van der Waals surface area contributed by atoms with Gasteiger partial charge >= 0.3 is 5.97 Å². The number of hydrogen-bond acceptors (Lipinski definition) is 6. The van der Waals surface area contributed by atoms with Gasteiger partial charge in [-0.1, -0.05) is 18.2 Å². The highest BCUT2D eigenvalue weighted by atomic mass is 16.5. The molecular weight excluding hydrogens is 436 g/mol. The molecule has 178 valence electrons. The largest absolute Gasteiger partial charge is 0.490 e.